The van der Waals surface area contributed by atoms with Crippen molar-refractivity contribution in [1.82, 2.24) is 15.0 Å². The van der Waals surface area contributed by atoms with E-state index >= 15 is 0 Å². The molecule has 0 saturated heterocycles. The predicted octanol–water partition coefficient (Wildman–Crippen LogP) is 0.839. The molecule has 0 amide bonds. The minimum atomic E-state index is 0.222. The van der Waals surface area contributed by atoms with Crippen molar-refractivity contribution in [2.75, 3.05) is 31.5 Å². The number of ether oxygens (including phenoxy) is 2. The van der Waals surface area contributed by atoms with Crippen LogP contribution in [0.15, 0.2) is 18.2 Å². The van der Waals surface area contributed by atoms with Crippen LogP contribution in [0.4, 0.5) is 11.9 Å². The third-order valence-electron chi connectivity index (χ3n) is 2.89. The molecule has 0 fully saturated rings. The van der Waals surface area contributed by atoms with Crippen molar-refractivity contribution >= 4 is 11.9 Å². The van der Waals surface area contributed by atoms with Crippen LogP contribution >= 0.6 is 0 Å². The molecule has 104 valence electrons. The summed E-state index contributed by atoms with van der Waals surface area (Å²) in [6.07, 6.45) is 0.560. The van der Waals surface area contributed by atoms with E-state index in [0.717, 1.165) is 17.1 Å². The Kier molecular flexibility index (Phi) is 3.02. The van der Waals surface area contributed by atoms with Crippen molar-refractivity contribution in [3.8, 4) is 11.5 Å². The fraction of sp³-hybridized carbons (Fsp3) is 0.308. The lowest BCUT2D eigenvalue weighted by Crippen LogP contribution is -2.16. The molecule has 7 heteroatoms. The van der Waals surface area contributed by atoms with Gasteiger partial charge in [-0.1, -0.05) is 6.07 Å². The summed E-state index contributed by atoms with van der Waals surface area (Å²) in [6.45, 7) is 0.266. The topological polar surface area (TPSA) is 86.4 Å². The minimum Gasteiger partial charge on any atom is -0.454 e. The van der Waals surface area contributed by atoms with E-state index in [1.54, 1.807) is 4.90 Å². The van der Waals surface area contributed by atoms with Gasteiger partial charge in [0.15, 0.2) is 11.5 Å². The first kappa shape index (κ1) is 12.5. The van der Waals surface area contributed by atoms with E-state index in [-0.39, 0.29) is 12.7 Å². The lowest BCUT2D eigenvalue weighted by Gasteiger charge is -2.11. The quantitative estimate of drug-likeness (QED) is 0.886. The normalized spacial score (nSPS) is 12.5. The summed E-state index contributed by atoms with van der Waals surface area (Å²) >= 11 is 0. The molecule has 20 heavy (non-hydrogen) atoms. The zero-order valence-electron chi connectivity index (χ0n) is 11.3. The van der Waals surface area contributed by atoms with Crippen molar-refractivity contribution in [3.05, 3.63) is 29.6 Å². The van der Waals surface area contributed by atoms with Crippen molar-refractivity contribution in [3.63, 3.8) is 0 Å². The molecule has 0 bridgehead atoms. The molecule has 1 aliphatic heterocycles. The lowest BCUT2D eigenvalue weighted by molar-refractivity contribution is 0.174. The van der Waals surface area contributed by atoms with E-state index in [2.05, 4.69) is 15.0 Å². The summed E-state index contributed by atoms with van der Waals surface area (Å²) in [6, 6.07) is 5.77. The number of nitrogens with zero attached hydrogens (tertiary/aromatic N) is 4. The maximum Gasteiger partial charge on any atom is 0.231 e. The summed E-state index contributed by atoms with van der Waals surface area (Å²) in [5.74, 6) is 2.91. The first-order valence-electron chi connectivity index (χ1n) is 6.18. The van der Waals surface area contributed by atoms with Gasteiger partial charge in [0.05, 0.1) is 0 Å². The van der Waals surface area contributed by atoms with Crippen LogP contribution in [0, 0.1) is 0 Å². The summed E-state index contributed by atoms with van der Waals surface area (Å²) in [5.41, 5.74) is 6.74. The molecule has 3 rings (SSSR count). The van der Waals surface area contributed by atoms with Gasteiger partial charge >= 0.3 is 0 Å². The molecule has 0 atom stereocenters. The summed E-state index contributed by atoms with van der Waals surface area (Å²) < 4.78 is 10.6. The highest BCUT2D eigenvalue weighted by atomic mass is 16.7. The SMILES string of the molecule is CN(C)c1nc(N)nc(Cc2ccc3c(c2)OCO3)n1. The van der Waals surface area contributed by atoms with Gasteiger partial charge in [0.2, 0.25) is 18.7 Å². The van der Waals surface area contributed by atoms with Crippen LogP contribution in [0.1, 0.15) is 11.4 Å². The number of rotatable bonds is 3. The maximum atomic E-state index is 5.71. The van der Waals surface area contributed by atoms with Gasteiger partial charge in [-0.2, -0.15) is 15.0 Å². The third-order valence-corrected chi connectivity index (χ3v) is 2.89. The fourth-order valence-corrected chi connectivity index (χ4v) is 1.94. The van der Waals surface area contributed by atoms with Crippen molar-refractivity contribution in [2.45, 2.75) is 6.42 Å². The van der Waals surface area contributed by atoms with E-state index in [4.69, 9.17) is 15.2 Å². The van der Waals surface area contributed by atoms with Gasteiger partial charge in [0, 0.05) is 20.5 Å². The molecule has 1 aromatic heterocycles. The van der Waals surface area contributed by atoms with Crippen LogP contribution in [-0.4, -0.2) is 35.8 Å². The molecular formula is C13H15N5O2. The number of anilines is 2. The van der Waals surface area contributed by atoms with Crippen LogP contribution in [0.25, 0.3) is 0 Å². The average molecular weight is 273 g/mol. The predicted molar refractivity (Wildman–Crippen MR) is 73.9 cm³/mol. The van der Waals surface area contributed by atoms with E-state index < -0.39 is 0 Å². The number of hydrogen-bond donors (Lipinski definition) is 1. The second-order valence-corrected chi connectivity index (χ2v) is 4.67. The zero-order valence-corrected chi connectivity index (χ0v) is 11.3. The molecule has 2 N–H and O–H groups in total. The van der Waals surface area contributed by atoms with Crippen LogP contribution in [0.2, 0.25) is 0 Å². The van der Waals surface area contributed by atoms with E-state index in [1.165, 1.54) is 0 Å². The Labute approximate surface area is 116 Å². The average Bonchev–Trinajstić information content (AvgIpc) is 2.85. The van der Waals surface area contributed by atoms with Crippen LogP contribution in [0.3, 0.4) is 0 Å². The number of hydrogen-bond acceptors (Lipinski definition) is 7. The second kappa shape index (κ2) is 4.84. The Bertz CT molecular complexity index is 645. The molecule has 0 unspecified atom stereocenters. The molecule has 0 aliphatic carbocycles. The monoisotopic (exact) mass is 273 g/mol. The van der Waals surface area contributed by atoms with E-state index in [1.807, 2.05) is 32.3 Å². The third kappa shape index (κ3) is 2.42. The minimum absolute atomic E-state index is 0.222. The Morgan fingerprint density at radius 2 is 1.95 bits per heavy atom. The second-order valence-electron chi connectivity index (χ2n) is 4.67. The van der Waals surface area contributed by atoms with Crippen molar-refractivity contribution in [1.29, 1.82) is 0 Å². The van der Waals surface area contributed by atoms with Gasteiger partial charge in [-0.3, -0.25) is 0 Å². The molecule has 1 aromatic carbocycles. The van der Waals surface area contributed by atoms with Gasteiger partial charge in [0.25, 0.3) is 0 Å². The number of nitrogens with two attached hydrogens (primary N) is 1. The maximum absolute atomic E-state index is 5.71. The molecule has 2 heterocycles. The first-order chi connectivity index (χ1) is 9.61. The molecule has 2 aromatic rings. The number of benzene rings is 1. The van der Waals surface area contributed by atoms with Gasteiger partial charge in [-0.05, 0) is 17.7 Å². The fourth-order valence-electron chi connectivity index (χ4n) is 1.94. The standard InChI is InChI=1S/C13H15N5O2/c1-18(2)13-16-11(15-12(14)17-13)6-8-3-4-9-10(5-8)20-7-19-9/h3-5H,6-7H2,1-2H3,(H2,14,15,16,17). The van der Waals surface area contributed by atoms with E-state index in [9.17, 15) is 0 Å². The molecule has 0 saturated carbocycles. The summed E-state index contributed by atoms with van der Waals surface area (Å²) in [4.78, 5) is 14.4. The highest BCUT2D eigenvalue weighted by Gasteiger charge is 2.14. The first-order valence-corrected chi connectivity index (χ1v) is 6.18. The van der Waals surface area contributed by atoms with E-state index in [0.29, 0.717) is 18.2 Å². The lowest BCUT2D eigenvalue weighted by atomic mass is 10.1. The Hall–Kier alpha value is -2.57. The summed E-state index contributed by atoms with van der Waals surface area (Å²) in [5, 5.41) is 0. The Morgan fingerprint density at radius 3 is 2.75 bits per heavy atom. The van der Waals surface area contributed by atoms with Crippen LogP contribution in [-0.2, 0) is 6.42 Å². The molecule has 7 nitrogen and oxygen atoms in total. The van der Waals surface area contributed by atoms with Crippen molar-refractivity contribution in [2.24, 2.45) is 0 Å². The summed E-state index contributed by atoms with van der Waals surface area (Å²) in [7, 11) is 3.72. The van der Waals surface area contributed by atoms with Crippen LogP contribution in [0.5, 0.6) is 11.5 Å². The van der Waals surface area contributed by atoms with Gasteiger partial charge in [-0.15, -0.1) is 0 Å². The molecule has 0 spiro atoms. The largest absolute Gasteiger partial charge is 0.454 e. The number of nitrogen functional groups attached to an aromatic ring is 1. The zero-order chi connectivity index (χ0) is 14.1. The smallest absolute Gasteiger partial charge is 0.231 e. The van der Waals surface area contributed by atoms with Gasteiger partial charge in [-0.25, -0.2) is 0 Å². The number of aromatic nitrogens is 3. The van der Waals surface area contributed by atoms with Gasteiger partial charge in [0.1, 0.15) is 5.82 Å². The van der Waals surface area contributed by atoms with Gasteiger partial charge < -0.3 is 20.1 Å². The Balaban J connectivity index is 1.87. The molecule has 0 radical (unpaired) electrons. The molecule has 1 aliphatic rings. The van der Waals surface area contributed by atoms with Crippen LogP contribution < -0.4 is 20.1 Å². The highest BCUT2D eigenvalue weighted by Crippen LogP contribution is 2.32. The highest BCUT2D eigenvalue weighted by molar-refractivity contribution is 5.45. The number of fused-ring (bicyclic) bond motifs is 1. The van der Waals surface area contributed by atoms with Crippen molar-refractivity contribution < 1.29 is 9.47 Å². The Morgan fingerprint density at radius 1 is 1.15 bits per heavy atom. The molecular weight excluding hydrogens is 258 g/mol.